The highest BCUT2D eigenvalue weighted by molar-refractivity contribution is 7.91. The molecule has 0 amide bonds. The van der Waals surface area contributed by atoms with Crippen molar-refractivity contribution < 1.29 is 22.7 Å². The largest absolute Gasteiger partial charge is 0.480 e. The zero-order valence-corrected chi connectivity index (χ0v) is 17.6. The maximum Gasteiger partial charge on any atom is 0.323 e. The molecule has 31 heavy (non-hydrogen) atoms. The van der Waals surface area contributed by atoms with E-state index in [9.17, 15) is 22.7 Å². The first-order valence-corrected chi connectivity index (χ1v) is 11.1. The van der Waals surface area contributed by atoms with Crippen molar-refractivity contribution in [1.82, 2.24) is 4.57 Å². The van der Waals surface area contributed by atoms with E-state index < -0.39 is 21.6 Å². The second kappa shape index (κ2) is 8.00. The number of hydrogen-bond donors (Lipinski definition) is 1. The number of hydrogen-bond acceptors (Lipinski definition) is 3. The van der Waals surface area contributed by atoms with E-state index >= 15 is 0 Å². The zero-order valence-electron chi connectivity index (χ0n) is 16.7. The monoisotopic (exact) mass is 437 g/mol. The molecule has 1 N–H and O–H groups in total. The minimum atomic E-state index is -3.75. The number of carbonyl (C=O) groups is 1. The van der Waals surface area contributed by atoms with Crippen LogP contribution in [0.1, 0.15) is 16.8 Å². The fourth-order valence-corrected chi connectivity index (χ4v) is 5.43. The van der Waals surface area contributed by atoms with Crippen LogP contribution in [0, 0.1) is 12.7 Å². The van der Waals surface area contributed by atoms with Crippen molar-refractivity contribution in [3.05, 3.63) is 95.4 Å². The molecule has 0 bridgehead atoms. The lowest BCUT2D eigenvalue weighted by molar-refractivity contribution is -0.137. The van der Waals surface area contributed by atoms with E-state index in [1.807, 2.05) is 0 Å². The van der Waals surface area contributed by atoms with E-state index in [0.717, 1.165) is 0 Å². The predicted octanol–water partition coefficient (Wildman–Crippen LogP) is 4.60. The Bertz CT molecular complexity index is 1390. The Kier molecular flexibility index (Phi) is 5.37. The van der Waals surface area contributed by atoms with Gasteiger partial charge in [-0.15, -0.1) is 0 Å². The third-order valence-corrected chi connectivity index (χ3v) is 7.26. The summed E-state index contributed by atoms with van der Waals surface area (Å²) in [7, 11) is -3.75. The molecule has 0 saturated carbocycles. The molecule has 7 heteroatoms. The fraction of sp³-hybridized carbons (Fsp3) is 0.125. The van der Waals surface area contributed by atoms with Gasteiger partial charge in [0, 0.05) is 23.0 Å². The third-order valence-electron chi connectivity index (χ3n) is 5.39. The number of fused-ring (bicyclic) bond motifs is 1. The lowest BCUT2D eigenvalue weighted by atomic mass is 10.0. The summed E-state index contributed by atoms with van der Waals surface area (Å²) in [6, 6.07) is 19.1. The number of nitrogens with zero attached hydrogens (tertiary/aromatic N) is 1. The maximum absolute atomic E-state index is 14.0. The summed E-state index contributed by atoms with van der Waals surface area (Å²) >= 11 is 0. The van der Waals surface area contributed by atoms with E-state index in [-0.39, 0.29) is 22.8 Å². The minimum absolute atomic E-state index is 0.177. The number of carboxylic acids is 1. The van der Waals surface area contributed by atoms with Crippen LogP contribution in [0.2, 0.25) is 0 Å². The van der Waals surface area contributed by atoms with Gasteiger partial charge in [-0.3, -0.25) is 4.79 Å². The maximum atomic E-state index is 14.0. The fourth-order valence-electron chi connectivity index (χ4n) is 3.92. The van der Waals surface area contributed by atoms with Gasteiger partial charge in [0.1, 0.15) is 12.4 Å². The highest BCUT2D eigenvalue weighted by Crippen LogP contribution is 2.32. The normalized spacial score (nSPS) is 11.7. The van der Waals surface area contributed by atoms with Gasteiger partial charge in [0.25, 0.3) is 0 Å². The number of halogens is 1. The van der Waals surface area contributed by atoms with Crippen molar-refractivity contribution >= 4 is 26.7 Å². The molecular formula is C24H20FNO4S. The number of aromatic nitrogens is 1. The van der Waals surface area contributed by atoms with Gasteiger partial charge in [-0.2, -0.15) is 0 Å². The van der Waals surface area contributed by atoms with Crippen molar-refractivity contribution in [2.75, 3.05) is 0 Å². The van der Waals surface area contributed by atoms with Crippen LogP contribution in [-0.4, -0.2) is 24.1 Å². The van der Waals surface area contributed by atoms with Gasteiger partial charge < -0.3 is 9.67 Å². The molecule has 0 radical (unpaired) electrons. The van der Waals surface area contributed by atoms with E-state index in [4.69, 9.17) is 0 Å². The summed E-state index contributed by atoms with van der Waals surface area (Å²) in [6.07, 6.45) is 0.223. The molecule has 0 aliphatic heterocycles. The standard InChI is InChI=1S/C24H20FNO4S/c1-16-20(21-14-18(25)11-12-22(21)26(16)15-24(27)28)13-17-7-5-6-10-23(17)31(29,30)19-8-3-2-4-9-19/h2-12,14H,13,15H2,1H3,(H,27,28). The van der Waals surface area contributed by atoms with Gasteiger partial charge in [-0.25, -0.2) is 12.8 Å². The summed E-state index contributed by atoms with van der Waals surface area (Å²) in [6.45, 7) is 1.50. The first kappa shape index (κ1) is 20.8. The Morgan fingerprint density at radius 1 is 1.00 bits per heavy atom. The van der Waals surface area contributed by atoms with Crippen LogP contribution in [0.15, 0.2) is 82.6 Å². The zero-order chi connectivity index (χ0) is 22.2. The van der Waals surface area contributed by atoms with Crippen LogP contribution in [0.3, 0.4) is 0 Å². The van der Waals surface area contributed by atoms with Crippen molar-refractivity contribution in [3.63, 3.8) is 0 Å². The first-order chi connectivity index (χ1) is 14.8. The Labute approximate surface area is 179 Å². The molecule has 1 heterocycles. The summed E-state index contributed by atoms with van der Waals surface area (Å²) in [5, 5.41) is 9.88. The molecule has 0 saturated heterocycles. The Morgan fingerprint density at radius 3 is 2.39 bits per heavy atom. The molecule has 0 fully saturated rings. The second-order valence-electron chi connectivity index (χ2n) is 7.31. The van der Waals surface area contributed by atoms with Crippen LogP contribution >= 0.6 is 0 Å². The van der Waals surface area contributed by atoms with Crippen molar-refractivity contribution in [3.8, 4) is 0 Å². The van der Waals surface area contributed by atoms with Gasteiger partial charge in [-0.1, -0.05) is 36.4 Å². The van der Waals surface area contributed by atoms with E-state index in [1.54, 1.807) is 72.2 Å². The van der Waals surface area contributed by atoms with Crippen LogP contribution in [0.4, 0.5) is 4.39 Å². The smallest absolute Gasteiger partial charge is 0.323 e. The minimum Gasteiger partial charge on any atom is -0.480 e. The van der Waals surface area contributed by atoms with E-state index in [0.29, 0.717) is 27.7 Å². The topological polar surface area (TPSA) is 76.4 Å². The highest BCUT2D eigenvalue weighted by atomic mass is 32.2. The molecule has 4 rings (SSSR count). The van der Waals surface area contributed by atoms with Gasteiger partial charge in [0.05, 0.1) is 9.79 Å². The molecule has 0 unspecified atom stereocenters. The Morgan fingerprint density at radius 2 is 1.68 bits per heavy atom. The molecule has 0 aliphatic rings. The SMILES string of the molecule is Cc1c(Cc2ccccc2S(=O)(=O)c2ccccc2)c2cc(F)ccc2n1CC(=O)O. The molecule has 0 atom stereocenters. The Balaban J connectivity index is 1.88. The molecule has 3 aromatic carbocycles. The van der Waals surface area contributed by atoms with Crippen molar-refractivity contribution in [1.29, 1.82) is 0 Å². The summed E-state index contributed by atoms with van der Waals surface area (Å²) < 4.78 is 42.1. The van der Waals surface area contributed by atoms with Crippen LogP contribution in [0.25, 0.3) is 10.9 Å². The average Bonchev–Trinajstić information content (AvgIpc) is 2.99. The highest BCUT2D eigenvalue weighted by Gasteiger charge is 2.23. The quantitative estimate of drug-likeness (QED) is 0.478. The average molecular weight is 437 g/mol. The van der Waals surface area contributed by atoms with Crippen LogP contribution in [0.5, 0.6) is 0 Å². The van der Waals surface area contributed by atoms with E-state index in [1.165, 1.54) is 12.1 Å². The number of sulfone groups is 1. The number of carboxylic acid groups (broad SMARTS) is 1. The first-order valence-electron chi connectivity index (χ1n) is 9.66. The lowest BCUT2D eigenvalue weighted by Crippen LogP contribution is -2.10. The molecular weight excluding hydrogens is 417 g/mol. The predicted molar refractivity (Wildman–Crippen MR) is 115 cm³/mol. The van der Waals surface area contributed by atoms with Crippen LogP contribution < -0.4 is 0 Å². The Hall–Kier alpha value is -3.45. The van der Waals surface area contributed by atoms with Crippen molar-refractivity contribution in [2.24, 2.45) is 0 Å². The van der Waals surface area contributed by atoms with Gasteiger partial charge in [-0.05, 0) is 54.4 Å². The van der Waals surface area contributed by atoms with E-state index in [2.05, 4.69) is 0 Å². The molecule has 1 aromatic heterocycles. The second-order valence-corrected chi connectivity index (χ2v) is 9.22. The molecule has 4 aromatic rings. The molecule has 0 spiro atoms. The van der Waals surface area contributed by atoms with Gasteiger partial charge >= 0.3 is 5.97 Å². The molecule has 158 valence electrons. The molecule has 5 nitrogen and oxygen atoms in total. The summed E-state index contributed by atoms with van der Waals surface area (Å²) in [5.41, 5.74) is 2.52. The lowest BCUT2D eigenvalue weighted by Gasteiger charge is -2.11. The third kappa shape index (κ3) is 3.84. The van der Waals surface area contributed by atoms with Gasteiger partial charge in [0.15, 0.2) is 0 Å². The number of rotatable bonds is 6. The summed E-state index contributed by atoms with van der Waals surface area (Å²) in [4.78, 5) is 11.7. The van der Waals surface area contributed by atoms with Crippen molar-refractivity contribution in [2.45, 2.75) is 29.7 Å². The van der Waals surface area contributed by atoms with Gasteiger partial charge in [0.2, 0.25) is 9.84 Å². The number of aliphatic carboxylic acids is 1. The van der Waals surface area contributed by atoms with Crippen LogP contribution in [-0.2, 0) is 27.6 Å². The summed E-state index contributed by atoms with van der Waals surface area (Å²) in [5.74, 6) is -1.45. The number of benzene rings is 3. The molecule has 0 aliphatic carbocycles.